The van der Waals surface area contributed by atoms with E-state index >= 15 is 0 Å². The van der Waals surface area contributed by atoms with Gasteiger partial charge in [0.2, 0.25) is 0 Å². The summed E-state index contributed by atoms with van der Waals surface area (Å²) < 4.78 is 10.7. The molecule has 1 aliphatic rings. The molecule has 1 unspecified atom stereocenters. The summed E-state index contributed by atoms with van der Waals surface area (Å²) >= 11 is 0. The van der Waals surface area contributed by atoms with Crippen molar-refractivity contribution in [2.24, 2.45) is 0 Å². The molecule has 102 valence electrons. The summed E-state index contributed by atoms with van der Waals surface area (Å²) in [5.74, 6) is -0.212. The summed E-state index contributed by atoms with van der Waals surface area (Å²) in [4.78, 5) is 11.3. The quantitative estimate of drug-likeness (QED) is 0.849. The maximum Gasteiger partial charge on any atom is 0.336 e. The molecule has 0 amide bonds. The van der Waals surface area contributed by atoms with Crippen molar-refractivity contribution in [3.05, 3.63) is 54.1 Å². The van der Waals surface area contributed by atoms with Crippen LogP contribution >= 0.6 is 0 Å². The third-order valence-corrected chi connectivity index (χ3v) is 3.14. The summed E-state index contributed by atoms with van der Waals surface area (Å²) in [6.07, 6.45) is 0.199. The highest BCUT2D eigenvalue weighted by molar-refractivity contribution is 5.96. The Bertz CT molecular complexity index is 632. The Kier molecular flexibility index (Phi) is 3.39. The average molecular weight is 270 g/mol. The average Bonchev–Trinajstić information content (AvgIpc) is 3.30. The first-order valence-corrected chi connectivity index (χ1v) is 6.41. The van der Waals surface area contributed by atoms with Crippen molar-refractivity contribution in [1.82, 2.24) is 0 Å². The van der Waals surface area contributed by atoms with Crippen LogP contribution in [0.15, 0.2) is 48.5 Å². The van der Waals surface area contributed by atoms with Crippen LogP contribution in [-0.4, -0.2) is 30.4 Å². The molecule has 20 heavy (non-hydrogen) atoms. The Labute approximate surface area is 116 Å². The van der Waals surface area contributed by atoms with Gasteiger partial charge in [-0.3, -0.25) is 0 Å². The molecule has 0 spiro atoms. The third-order valence-electron chi connectivity index (χ3n) is 3.14. The van der Waals surface area contributed by atoms with Gasteiger partial charge in [-0.05, 0) is 29.3 Å². The molecule has 1 saturated heterocycles. The minimum Gasteiger partial charge on any atom is -0.491 e. The van der Waals surface area contributed by atoms with Gasteiger partial charge < -0.3 is 14.6 Å². The summed E-state index contributed by atoms with van der Waals surface area (Å²) in [6.45, 7) is 1.28. The van der Waals surface area contributed by atoms with Gasteiger partial charge in [0.1, 0.15) is 18.5 Å². The SMILES string of the molecule is O=C(O)c1ccccc1-c1cccc(OCC2CO2)c1. The molecule has 1 fully saturated rings. The number of carboxylic acid groups (broad SMARTS) is 1. The lowest BCUT2D eigenvalue weighted by Crippen LogP contribution is -2.04. The standard InChI is InChI=1S/C16H14O4/c17-16(18)15-7-2-1-6-14(15)11-4-3-5-12(8-11)19-9-13-10-20-13/h1-8,13H,9-10H2,(H,17,18). The molecule has 1 atom stereocenters. The molecule has 2 aromatic carbocycles. The molecule has 0 bridgehead atoms. The number of hydrogen-bond acceptors (Lipinski definition) is 3. The van der Waals surface area contributed by atoms with E-state index in [1.54, 1.807) is 18.2 Å². The highest BCUT2D eigenvalue weighted by Crippen LogP contribution is 2.27. The number of epoxide rings is 1. The number of aromatic carboxylic acids is 1. The fourth-order valence-electron chi connectivity index (χ4n) is 2.03. The molecular weight excluding hydrogens is 256 g/mol. The highest BCUT2D eigenvalue weighted by atomic mass is 16.6. The fraction of sp³-hybridized carbons (Fsp3) is 0.188. The number of carboxylic acids is 1. The molecule has 1 aliphatic heterocycles. The van der Waals surface area contributed by atoms with Gasteiger partial charge >= 0.3 is 5.97 Å². The molecule has 1 N–H and O–H groups in total. The molecule has 4 heteroatoms. The molecule has 0 radical (unpaired) electrons. The smallest absolute Gasteiger partial charge is 0.336 e. The van der Waals surface area contributed by atoms with E-state index in [1.807, 2.05) is 30.3 Å². The Balaban J connectivity index is 1.89. The number of hydrogen-bond donors (Lipinski definition) is 1. The number of rotatable bonds is 5. The normalized spacial score (nSPS) is 16.7. The zero-order chi connectivity index (χ0) is 13.9. The van der Waals surface area contributed by atoms with E-state index in [9.17, 15) is 9.90 Å². The van der Waals surface area contributed by atoms with Crippen molar-refractivity contribution in [3.63, 3.8) is 0 Å². The van der Waals surface area contributed by atoms with Gasteiger partial charge in [-0.15, -0.1) is 0 Å². The van der Waals surface area contributed by atoms with Crippen molar-refractivity contribution < 1.29 is 19.4 Å². The van der Waals surface area contributed by atoms with E-state index in [2.05, 4.69) is 0 Å². The van der Waals surface area contributed by atoms with Gasteiger partial charge in [-0.25, -0.2) is 4.79 Å². The summed E-state index contributed by atoms with van der Waals surface area (Å²) in [5.41, 5.74) is 1.81. The Morgan fingerprint density at radius 1 is 1.25 bits per heavy atom. The second-order valence-electron chi connectivity index (χ2n) is 4.64. The predicted molar refractivity (Wildman–Crippen MR) is 74.1 cm³/mol. The zero-order valence-corrected chi connectivity index (χ0v) is 10.8. The number of carbonyl (C=O) groups is 1. The van der Waals surface area contributed by atoms with Crippen molar-refractivity contribution >= 4 is 5.97 Å². The zero-order valence-electron chi connectivity index (χ0n) is 10.8. The van der Waals surface area contributed by atoms with Crippen molar-refractivity contribution in [3.8, 4) is 16.9 Å². The maximum atomic E-state index is 11.3. The Morgan fingerprint density at radius 2 is 2.05 bits per heavy atom. The van der Waals surface area contributed by atoms with E-state index in [0.29, 0.717) is 12.2 Å². The first-order chi connectivity index (χ1) is 9.74. The molecule has 1 heterocycles. The van der Waals surface area contributed by atoms with Gasteiger partial charge in [0, 0.05) is 0 Å². The monoisotopic (exact) mass is 270 g/mol. The Hall–Kier alpha value is -2.33. The van der Waals surface area contributed by atoms with Crippen LogP contribution in [0.25, 0.3) is 11.1 Å². The van der Waals surface area contributed by atoms with E-state index in [4.69, 9.17) is 9.47 Å². The van der Waals surface area contributed by atoms with Crippen LogP contribution in [0.5, 0.6) is 5.75 Å². The van der Waals surface area contributed by atoms with Crippen molar-refractivity contribution in [2.45, 2.75) is 6.10 Å². The van der Waals surface area contributed by atoms with Gasteiger partial charge in [0.25, 0.3) is 0 Å². The van der Waals surface area contributed by atoms with Gasteiger partial charge in [0.05, 0.1) is 12.2 Å². The fourth-order valence-corrected chi connectivity index (χ4v) is 2.03. The largest absolute Gasteiger partial charge is 0.491 e. The van der Waals surface area contributed by atoms with Gasteiger partial charge in [0.15, 0.2) is 0 Å². The van der Waals surface area contributed by atoms with Crippen molar-refractivity contribution in [1.29, 1.82) is 0 Å². The molecule has 0 aromatic heterocycles. The Morgan fingerprint density at radius 3 is 2.80 bits per heavy atom. The van der Waals surface area contributed by atoms with Crippen LogP contribution in [0, 0.1) is 0 Å². The van der Waals surface area contributed by atoms with E-state index in [0.717, 1.165) is 17.9 Å². The van der Waals surface area contributed by atoms with E-state index in [1.165, 1.54) is 0 Å². The number of ether oxygens (including phenoxy) is 2. The van der Waals surface area contributed by atoms with Crippen LogP contribution < -0.4 is 4.74 Å². The van der Waals surface area contributed by atoms with Crippen LogP contribution in [0.4, 0.5) is 0 Å². The second kappa shape index (κ2) is 5.35. The minimum absolute atomic E-state index is 0.199. The van der Waals surface area contributed by atoms with Crippen LogP contribution in [0.3, 0.4) is 0 Å². The van der Waals surface area contributed by atoms with Gasteiger partial charge in [-0.2, -0.15) is 0 Å². The lowest BCUT2D eigenvalue weighted by Gasteiger charge is -2.09. The lowest BCUT2D eigenvalue weighted by molar-refractivity contribution is 0.0697. The highest BCUT2D eigenvalue weighted by Gasteiger charge is 2.23. The maximum absolute atomic E-state index is 11.3. The molecule has 0 saturated carbocycles. The first-order valence-electron chi connectivity index (χ1n) is 6.41. The summed E-state index contributed by atoms with van der Waals surface area (Å²) in [7, 11) is 0. The van der Waals surface area contributed by atoms with Crippen LogP contribution in [-0.2, 0) is 4.74 Å². The second-order valence-corrected chi connectivity index (χ2v) is 4.64. The first kappa shape index (κ1) is 12.7. The van der Waals surface area contributed by atoms with E-state index in [-0.39, 0.29) is 11.7 Å². The third kappa shape index (κ3) is 2.81. The number of benzene rings is 2. The van der Waals surface area contributed by atoms with E-state index < -0.39 is 5.97 Å². The molecule has 0 aliphatic carbocycles. The van der Waals surface area contributed by atoms with Crippen LogP contribution in [0.2, 0.25) is 0 Å². The minimum atomic E-state index is -0.932. The van der Waals surface area contributed by atoms with Gasteiger partial charge in [-0.1, -0.05) is 30.3 Å². The predicted octanol–water partition coefficient (Wildman–Crippen LogP) is 2.83. The lowest BCUT2D eigenvalue weighted by atomic mass is 10.00. The van der Waals surface area contributed by atoms with Crippen molar-refractivity contribution in [2.75, 3.05) is 13.2 Å². The molecule has 3 rings (SSSR count). The summed E-state index contributed by atoms with van der Waals surface area (Å²) in [5, 5.41) is 9.23. The summed E-state index contributed by atoms with van der Waals surface area (Å²) in [6, 6.07) is 14.4. The molecule has 2 aromatic rings. The molecular formula is C16H14O4. The molecule has 4 nitrogen and oxygen atoms in total. The topological polar surface area (TPSA) is 59.1 Å². The van der Waals surface area contributed by atoms with Crippen LogP contribution in [0.1, 0.15) is 10.4 Å².